The maximum Gasteiger partial charge on any atom is 0.416 e. The van der Waals surface area contributed by atoms with Crippen LogP contribution in [0.5, 0.6) is 0 Å². The molecular formula is C19H20F3N3O4S2. The third-order valence-corrected chi connectivity index (χ3v) is 7.39. The summed E-state index contributed by atoms with van der Waals surface area (Å²) in [6.45, 7) is 3.53. The highest BCUT2D eigenvalue weighted by Crippen LogP contribution is 2.32. The standard InChI is InChI=1S/C19H20F3N3O4S2/c1-4-25-17-11-13(19(20,21)22)5-10-16(17)23-18(25)12(2)24-31(28,29)15-8-6-14(7-9-15)30(3,26)27/h5-12,24H,4H2,1-3H3/t12-/m1/s1. The number of aromatic nitrogens is 2. The Labute approximate surface area is 177 Å². The fourth-order valence-electron chi connectivity index (χ4n) is 3.20. The van der Waals surface area contributed by atoms with E-state index < -0.39 is 37.6 Å². The number of nitrogens with one attached hydrogen (secondary N) is 1. The van der Waals surface area contributed by atoms with Crippen LogP contribution >= 0.6 is 0 Å². The van der Waals surface area contributed by atoms with Crippen LogP contribution in [0.3, 0.4) is 0 Å². The third kappa shape index (κ3) is 4.75. The lowest BCUT2D eigenvalue weighted by molar-refractivity contribution is -0.137. The van der Waals surface area contributed by atoms with E-state index in [-0.39, 0.29) is 27.7 Å². The number of nitrogens with zero attached hydrogens (tertiary/aromatic N) is 2. The van der Waals surface area contributed by atoms with Crippen molar-refractivity contribution in [3.8, 4) is 0 Å². The van der Waals surface area contributed by atoms with Crippen molar-refractivity contribution in [3.63, 3.8) is 0 Å². The normalized spacial score (nSPS) is 14.1. The number of hydrogen-bond acceptors (Lipinski definition) is 5. The Bertz CT molecular complexity index is 1330. The molecule has 2 aromatic carbocycles. The Morgan fingerprint density at radius 3 is 2.13 bits per heavy atom. The van der Waals surface area contributed by atoms with Crippen LogP contribution in [0.2, 0.25) is 0 Å². The molecule has 1 N–H and O–H groups in total. The van der Waals surface area contributed by atoms with Gasteiger partial charge in [0.2, 0.25) is 10.0 Å². The number of imidazole rings is 1. The van der Waals surface area contributed by atoms with E-state index in [9.17, 15) is 30.0 Å². The highest BCUT2D eigenvalue weighted by Gasteiger charge is 2.31. The summed E-state index contributed by atoms with van der Waals surface area (Å²) in [6, 6.07) is 7.02. The molecule has 1 aromatic heterocycles. The molecule has 0 aliphatic carbocycles. The van der Waals surface area contributed by atoms with Gasteiger partial charge in [0.05, 0.1) is 32.4 Å². The Morgan fingerprint density at radius 2 is 1.61 bits per heavy atom. The summed E-state index contributed by atoms with van der Waals surface area (Å²) in [5.41, 5.74) is -0.260. The van der Waals surface area contributed by atoms with E-state index in [1.807, 2.05) is 0 Å². The first-order chi connectivity index (χ1) is 14.2. The van der Waals surface area contributed by atoms with E-state index in [1.165, 1.54) is 41.8 Å². The van der Waals surface area contributed by atoms with Gasteiger partial charge in [0, 0.05) is 12.8 Å². The van der Waals surface area contributed by atoms with Gasteiger partial charge in [-0.1, -0.05) is 0 Å². The van der Waals surface area contributed by atoms with Gasteiger partial charge in [0.1, 0.15) is 5.82 Å². The lowest BCUT2D eigenvalue weighted by Crippen LogP contribution is -2.29. The molecule has 0 aliphatic heterocycles. The molecule has 12 heteroatoms. The highest BCUT2D eigenvalue weighted by atomic mass is 32.2. The highest BCUT2D eigenvalue weighted by molar-refractivity contribution is 7.90. The minimum atomic E-state index is -4.51. The lowest BCUT2D eigenvalue weighted by atomic mass is 10.2. The second-order valence-electron chi connectivity index (χ2n) is 7.00. The molecule has 0 spiro atoms. The number of alkyl halides is 3. The van der Waals surface area contributed by atoms with E-state index in [2.05, 4.69) is 9.71 Å². The topological polar surface area (TPSA) is 98.1 Å². The van der Waals surface area contributed by atoms with Gasteiger partial charge in [-0.15, -0.1) is 0 Å². The van der Waals surface area contributed by atoms with Crippen molar-refractivity contribution in [2.24, 2.45) is 0 Å². The first kappa shape index (κ1) is 23.2. The maximum absolute atomic E-state index is 13.1. The summed E-state index contributed by atoms with van der Waals surface area (Å²) in [5, 5.41) is 0. The van der Waals surface area contributed by atoms with Gasteiger partial charge in [-0.2, -0.15) is 13.2 Å². The molecule has 0 radical (unpaired) electrons. The van der Waals surface area contributed by atoms with E-state index in [4.69, 9.17) is 0 Å². The minimum Gasteiger partial charge on any atom is -0.327 e. The predicted molar refractivity (Wildman–Crippen MR) is 109 cm³/mol. The summed E-state index contributed by atoms with van der Waals surface area (Å²) in [4.78, 5) is 4.15. The first-order valence-electron chi connectivity index (χ1n) is 9.14. The first-order valence-corrected chi connectivity index (χ1v) is 12.5. The van der Waals surface area contributed by atoms with Crippen LogP contribution in [0.1, 0.15) is 31.3 Å². The molecule has 0 amide bonds. The van der Waals surface area contributed by atoms with E-state index in [1.54, 1.807) is 6.92 Å². The molecule has 0 saturated heterocycles. The van der Waals surface area contributed by atoms with Crippen LogP contribution < -0.4 is 4.72 Å². The largest absolute Gasteiger partial charge is 0.416 e. The van der Waals surface area contributed by atoms with E-state index in [0.717, 1.165) is 18.4 Å². The van der Waals surface area contributed by atoms with Crippen LogP contribution in [0.25, 0.3) is 11.0 Å². The molecule has 3 rings (SSSR count). The summed E-state index contributed by atoms with van der Waals surface area (Å²) in [7, 11) is -7.52. The molecule has 0 unspecified atom stereocenters. The quantitative estimate of drug-likeness (QED) is 0.588. The smallest absolute Gasteiger partial charge is 0.327 e. The molecule has 0 aliphatic rings. The molecule has 0 saturated carbocycles. The lowest BCUT2D eigenvalue weighted by Gasteiger charge is -2.16. The van der Waals surface area contributed by atoms with Gasteiger partial charge in [0.15, 0.2) is 9.84 Å². The van der Waals surface area contributed by atoms with Crippen molar-refractivity contribution in [2.75, 3.05) is 6.26 Å². The Morgan fingerprint density at radius 1 is 1.03 bits per heavy atom. The van der Waals surface area contributed by atoms with Gasteiger partial charge < -0.3 is 4.57 Å². The number of fused-ring (bicyclic) bond motifs is 1. The molecule has 31 heavy (non-hydrogen) atoms. The number of halogens is 3. The van der Waals surface area contributed by atoms with Crippen LogP contribution in [0.4, 0.5) is 13.2 Å². The molecule has 1 heterocycles. The zero-order valence-corrected chi connectivity index (χ0v) is 18.4. The number of sulfone groups is 1. The Hall–Kier alpha value is -2.44. The molecule has 7 nitrogen and oxygen atoms in total. The second kappa shape index (κ2) is 7.92. The van der Waals surface area contributed by atoms with Crippen LogP contribution in [-0.2, 0) is 32.6 Å². The van der Waals surface area contributed by atoms with Crippen molar-refractivity contribution in [1.29, 1.82) is 0 Å². The van der Waals surface area contributed by atoms with Gasteiger partial charge in [-0.3, -0.25) is 0 Å². The molecule has 1 atom stereocenters. The van der Waals surface area contributed by atoms with Crippen molar-refractivity contribution in [2.45, 2.75) is 42.4 Å². The van der Waals surface area contributed by atoms with Crippen molar-refractivity contribution in [3.05, 3.63) is 53.9 Å². The SMILES string of the molecule is CCn1c([C@@H](C)NS(=O)(=O)c2ccc(S(C)(=O)=O)cc2)nc2ccc(C(F)(F)F)cc21. The Balaban J connectivity index is 1.96. The molecule has 168 valence electrons. The maximum atomic E-state index is 13.1. The monoisotopic (exact) mass is 475 g/mol. The number of sulfonamides is 1. The van der Waals surface area contributed by atoms with Crippen molar-refractivity contribution < 1.29 is 30.0 Å². The van der Waals surface area contributed by atoms with E-state index >= 15 is 0 Å². The molecule has 3 aromatic rings. The van der Waals surface area contributed by atoms with E-state index in [0.29, 0.717) is 5.52 Å². The molecule has 0 bridgehead atoms. The average Bonchev–Trinajstić information content (AvgIpc) is 3.04. The fraction of sp³-hybridized carbons (Fsp3) is 0.316. The second-order valence-corrected chi connectivity index (χ2v) is 10.7. The summed E-state index contributed by atoms with van der Waals surface area (Å²) >= 11 is 0. The molecular weight excluding hydrogens is 455 g/mol. The minimum absolute atomic E-state index is 0.0206. The number of benzene rings is 2. The number of hydrogen-bond donors (Lipinski definition) is 1. The summed E-state index contributed by atoms with van der Waals surface area (Å²) in [6.07, 6.45) is -3.50. The third-order valence-electron chi connectivity index (χ3n) is 4.70. The summed E-state index contributed by atoms with van der Waals surface area (Å²) in [5.74, 6) is 0.258. The van der Waals surface area contributed by atoms with Crippen molar-refractivity contribution in [1.82, 2.24) is 14.3 Å². The van der Waals surface area contributed by atoms with Crippen molar-refractivity contribution >= 4 is 30.9 Å². The number of rotatable bonds is 6. The van der Waals surface area contributed by atoms with Crippen LogP contribution in [0.15, 0.2) is 52.3 Å². The Kier molecular flexibility index (Phi) is 5.93. The fourth-order valence-corrected chi connectivity index (χ4v) is 5.03. The zero-order valence-electron chi connectivity index (χ0n) is 16.8. The van der Waals surface area contributed by atoms with Gasteiger partial charge >= 0.3 is 6.18 Å². The predicted octanol–water partition coefficient (Wildman–Crippen LogP) is 3.52. The molecule has 0 fully saturated rings. The van der Waals surface area contributed by atoms with Gasteiger partial charge in [-0.25, -0.2) is 26.5 Å². The number of aryl methyl sites for hydroxylation is 1. The van der Waals surface area contributed by atoms with Gasteiger partial charge in [0.25, 0.3) is 0 Å². The van der Waals surface area contributed by atoms with Crippen LogP contribution in [0, 0.1) is 0 Å². The summed E-state index contributed by atoms with van der Waals surface area (Å²) < 4.78 is 91.7. The van der Waals surface area contributed by atoms with Crippen LogP contribution in [-0.4, -0.2) is 32.6 Å². The average molecular weight is 476 g/mol. The van der Waals surface area contributed by atoms with Gasteiger partial charge in [-0.05, 0) is 56.3 Å². The zero-order chi connectivity index (χ0) is 23.2.